The normalized spacial score (nSPS) is 21.9. The number of hydrogen-bond acceptors (Lipinski definition) is 2. The number of carbonyl (C=O) groups excluding carboxylic acids is 1. The molecule has 1 aromatic rings. The van der Waals surface area contributed by atoms with Gasteiger partial charge < -0.3 is 10.4 Å². The molecule has 4 nitrogen and oxygen atoms in total. The van der Waals surface area contributed by atoms with E-state index in [4.69, 9.17) is 5.11 Å². The zero-order chi connectivity index (χ0) is 13.8. The van der Waals surface area contributed by atoms with Crippen LogP contribution in [0.25, 0.3) is 0 Å². The Morgan fingerprint density at radius 2 is 1.89 bits per heavy atom. The number of benzene rings is 1. The third kappa shape index (κ3) is 3.44. The zero-order valence-corrected chi connectivity index (χ0v) is 11.8. The SMILES string of the molecule is O=C(O)[C@H]1CC=CC[C@H]1C(=O)Nc1cccc(Br)c1. The average Bonchev–Trinajstić information content (AvgIpc) is 2.38. The number of anilines is 1. The Balaban J connectivity index is 2.10. The van der Waals surface area contributed by atoms with Crippen LogP contribution in [0.4, 0.5) is 5.69 Å². The lowest BCUT2D eigenvalue weighted by Gasteiger charge is -2.24. The maximum Gasteiger partial charge on any atom is 0.307 e. The first-order valence-corrected chi connectivity index (χ1v) is 6.81. The minimum absolute atomic E-state index is 0.241. The van der Waals surface area contributed by atoms with E-state index in [1.165, 1.54) is 0 Å². The van der Waals surface area contributed by atoms with E-state index in [2.05, 4.69) is 21.2 Å². The highest BCUT2D eigenvalue weighted by molar-refractivity contribution is 9.10. The summed E-state index contributed by atoms with van der Waals surface area (Å²) in [5.41, 5.74) is 0.665. The molecule has 1 aliphatic carbocycles. The summed E-state index contributed by atoms with van der Waals surface area (Å²) in [6, 6.07) is 7.23. The van der Waals surface area contributed by atoms with Crippen molar-refractivity contribution >= 4 is 33.5 Å². The number of halogens is 1. The Kier molecular flexibility index (Phi) is 4.37. The molecule has 2 N–H and O–H groups in total. The third-order valence-electron chi connectivity index (χ3n) is 3.18. The number of carbonyl (C=O) groups is 2. The number of rotatable bonds is 3. The van der Waals surface area contributed by atoms with Crippen LogP contribution >= 0.6 is 15.9 Å². The molecule has 0 saturated heterocycles. The van der Waals surface area contributed by atoms with Crippen LogP contribution in [0.2, 0.25) is 0 Å². The van der Waals surface area contributed by atoms with Gasteiger partial charge in [0.25, 0.3) is 0 Å². The molecule has 5 heteroatoms. The van der Waals surface area contributed by atoms with Crippen molar-refractivity contribution in [3.05, 3.63) is 40.9 Å². The molecule has 0 fully saturated rings. The van der Waals surface area contributed by atoms with E-state index in [1.807, 2.05) is 24.3 Å². The first-order chi connectivity index (χ1) is 9.08. The fourth-order valence-corrected chi connectivity index (χ4v) is 2.58. The van der Waals surface area contributed by atoms with Crippen LogP contribution in [0.1, 0.15) is 12.8 Å². The molecule has 0 aliphatic heterocycles. The second-order valence-corrected chi connectivity index (χ2v) is 5.41. The minimum atomic E-state index is -0.918. The highest BCUT2D eigenvalue weighted by Gasteiger charge is 2.33. The Morgan fingerprint density at radius 1 is 1.21 bits per heavy atom. The van der Waals surface area contributed by atoms with E-state index in [0.717, 1.165) is 4.47 Å². The van der Waals surface area contributed by atoms with Gasteiger partial charge in [-0.2, -0.15) is 0 Å². The Labute approximate surface area is 119 Å². The van der Waals surface area contributed by atoms with E-state index in [9.17, 15) is 9.59 Å². The molecule has 0 unspecified atom stereocenters. The first-order valence-electron chi connectivity index (χ1n) is 6.02. The van der Waals surface area contributed by atoms with Gasteiger partial charge >= 0.3 is 5.97 Å². The van der Waals surface area contributed by atoms with Gasteiger partial charge in [-0.15, -0.1) is 0 Å². The molecular weight excluding hydrogens is 310 g/mol. The van der Waals surface area contributed by atoms with Crippen molar-refractivity contribution in [2.75, 3.05) is 5.32 Å². The van der Waals surface area contributed by atoms with Gasteiger partial charge in [0.2, 0.25) is 5.91 Å². The van der Waals surface area contributed by atoms with E-state index < -0.39 is 17.8 Å². The largest absolute Gasteiger partial charge is 0.481 e. The lowest BCUT2D eigenvalue weighted by molar-refractivity contribution is -0.146. The first kappa shape index (κ1) is 13.8. The Bertz CT molecular complexity index is 527. The smallest absolute Gasteiger partial charge is 0.307 e. The predicted molar refractivity (Wildman–Crippen MR) is 75.8 cm³/mol. The maximum absolute atomic E-state index is 12.2. The maximum atomic E-state index is 12.2. The number of carboxylic acid groups (broad SMARTS) is 1. The van der Waals surface area contributed by atoms with Crippen LogP contribution in [0, 0.1) is 11.8 Å². The molecular formula is C14H14BrNO3. The molecule has 0 bridgehead atoms. The van der Waals surface area contributed by atoms with Crippen LogP contribution in [0.3, 0.4) is 0 Å². The van der Waals surface area contributed by atoms with Gasteiger partial charge in [0.05, 0.1) is 11.8 Å². The van der Waals surface area contributed by atoms with Crippen molar-refractivity contribution in [2.24, 2.45) is 11.8 Å². The minimum Gasteiger partial charge on any atom is -0.481 e. The fourth-order valence-electron chi connectivity index (χ4n) is 2.18. The molecule has 1 aromatic carbocycles. The monoisotopic (exact) mass is 323 g/mol. The number of hydrogen-bond donors (Lipinski definition) is 2. The van der Waals surface area contributed by atoms with Crippen molar-refractivity contribution in [3.63, 3.8) is 0 Å². The van der Waals surface area contributed by atoms with Gasteiger partial charge in [-0.1, -0.05) is 34.1 Å². The summed E-state index contributed by atoms with van der Waals surface area (Å²) in [4.78, 5) is 23.3. The summed E-state index contributed by atoms with van der Waals surface area (Å²) < 4.78 is 0.864. The van der Waals surface area contributed by atoms with Crippen molar-refractivity contribution in [1.29, 1.82) is 0 Å². The summed E-state index contributed by atoms with van der Waals surface area (Å²) in [5.74, 6) is -2.31. The number of allylic oxidation sites excluding steroid dienone is 2. The summed E-state index contributed by atoms with van der Waals surface area (Å²) in [7, 11) is 0. The third-order valence-corrected chi connectivity index (χ3v) is 3.67. The van der Waals surface area contributed by atoms with Gasteiger partial charge in [0.15, 0.2) is 0 Å². The van der Waals surface area contributed by atoms with Crippen molar-refractivity contribution in [1.82, 2.24) is 0 Å². The fraction of sp³-hybridized carbons (Fsp3) is 0.286. The van der Waals surface area contributed by atoms with Crippen LogP contribution in [-0.2, 0) is 9.59 Å². The molecule has 0 aromatic heterocycles. The molecule has 0 saturated carbocycles. The average molecular weight is 324 g/mol. The molecule has 2 atom stereocenters. The van der Waals surface area contributed by atoms with Crippen molar-refractivity contribution in [2.45, 2.75) is 12.8 Å². The highest BCUT2D eigenvalue weighted by Crippen LogP contribution is 2.27. The number of aliphatic carboxylic acids is 1. The molecule has 100 valence electrons. The van der Waals surface area contributed by atoms with Crippen LogP contribution < -0.4 is 5.32 Å². The predicted octanol–water partition coefficient (Wildman–Crippen LogP) is 3.05. The second-order valence-electron chi connectivity index (χ2n) is 4.49. The van der Waals surface area contributed by atoms with E-state index in [-0.39, 0.29) is 5.91 Å². The topological polar surface area (TPSA) is 66.4 Å². The van der Waals surface area contributed by atoms with Gasteiger partial charge in [0, 0.05) is 10.2 Å². The summed E-state index contributed by atoms with van der Waals surface area (Å²) in [6.45, 7) is 0. The molecule has 2 rings (SSSR count). The summed E-state index contributed by atoms with van der Waals surface area (Å²) in [5, 5.41) is 11.9. The molecule has 0 spiro atoms. The molecule has 1 aliphatic rings. The number of nitrogens with one attached hydrogen (secondary N) is 1. The van der Waals surface area contributed by atoms with Gasteiger partial charge in [-0.25, -0.2) is 0 Å². The number of amides is 1. The molecule has 19 heavy (non-hydrogen) atoms. The summed E-state index contributed by atoms with van der Waals surface area (Å²) in [6.07, 6.45) is 4.56. The second kappa shape index (κ2) is 6.02. The van der Waals surface area contributed by atoms with Crippen molar-refractivity contribution < 1.29 is 14.7 Å². The number of carboxylic acids is 1. The van der Waals surface area contributed by atoms with Crippen molar-refractivity contribution in [3.8, 4) is 0 Å². The van der Waals surface area contributed by atoms with Crippen LogP contribution in [0.5, 0.6) is 0 Å². The van der Waals surface area contributed by atoms with Gasteiger partial charge in [-0.05, 0) is 31.0 Å². The quantitative estimate of drug-likeness (QED) is 0.840. The van der Waals surface area contributed by atoms with E-state index in [0.29, 0.717) is 18.5 Å². The zero-order valence-electron chi connectivity index (χ0n) is 10.2. The van der Waals surface area contributed by atoms with Gasteiger partial charge in [-0.3, -0.25) is 9.59 Å². The lowest BCUT2D eigenvalue weighted by atomic mass is 9.82. The highest BCUT2D eigenvalue weighted by atomic mass is 79.9. The molecule has 0 heterocycles. The van der Waals surface area contributed by atoms with Crippen LogP contribution in [0.15, 0.2) is 40.9 Å². The van der Waals surface area contributed by atoms with E-state index in [1.54, 1.807) is 12.1 Å². The lowest BCUT2D eigenvalue weighted by Crippen LogP contribution is -2.34. The Hall–Kier alpha value is -1.62. The standard InChI is InChI=1S/C14H14BrNO3/c15-9-4-3-5-10(8-9)16-13(17)11-6-1-2-7-12(11)14(18)19/h1-5,8,11-12H,6-7H2,(H,16,17)(H,18,19)/t11-,12+/m1/s1. The molecule has 0 radical (unpaired) electrons. The molecule has 1 amide bonds. The van der Waals surface area contributed by atoms with Gasteiger partial charge in [0.1, 0.15) is 0 Å². The Morgan fingerprint density at radius 3 is 2.53 bits per heavy atom. The van der Waals surface area contributed by atoms with Crippen LogP contribution in [-0.4, -0.2) is 17.0 Å². The van der Waals surface area contributed by atoms with E-state index >= 15 is 0 Å². The summed E-state index contributed by atoms with van der Waals surface area (Å²) >= 11 is 3.33.